The second kappa shape index (κ2) is 5.92. The zero-order chi connectivity index (χ0) is 15.1. The summed E-state index contributed by atoms with van der Waals surface area (Å²) in [5, 5.41) is 1.07. The Bertz CT molecular complexity index is 953. The lowest BCUT2D eigenvalue weighted by atomic mass is 10.3. The Kier molecular flexibility index (Phi) is 3.93. The van der Waals surface area contributed by atoms with Crippen LogP contribution in [0.15, 0.2) is 42.5 Å². The Balaban J connectivity index is 1.74. The van der Waals surface area contributed by atoms with E-state index in [1.807, 2.05) is 29.5 Å². The predicted octanol–water partition coefficient (Wildman–Crippen LogP) is 6.37. The van der Waals surface area contributed by atoms with Crippen molar-refractivity contribution in [3.63, 3.8) is 0 Å². The molecule has 0 aliphatic carbocycles. The van der Waals surface area contributed by atoms with E-state index in [1.165, 1.54) is 17.5 Å². The van der Waals surface area contributed by atoms with Crippen LogP contribution in [0.25, 0.3) is 29.9 Å². The molecule has 0 spiro atoms. The Hall–Kier alpha value is -0.960. The highest BCUT2D eigenvalue weighted by atomic mass is 125. The van der Waals surface area contributed by atoms with Crippen LogP contribution in [0.1, 0.15) is 0 Å². The summed E-state index contributed by atoms with van der Waals surface area (Å²) in [4.78, 5) is 8.59. The highest BCUT2D eigenvalue weighted by Gasteiger charge is 2.11. The zero-order valence-corrected chi connectivity index (χ0v) is 16.1. The summed E-state index contributed by atoms with van der Waals surface area (Å²) in [5.74, 6) is 0.878. The van der Waals surface area contributed by atoms with E-state index in [2.05, 4.69) is 46.9 Å². The van der Waals surface area contributed by atoms with Crippen LogP contribution in [0.2, 0.25) is 0 Å². The second-order valence-corrected chi connectivity index (χ2v) is 9.71. The minimum absolute atomic E-state index is 0.878. The molecular formula is C16H10INOS3. The number of hydrogen-bond donors (Lipinski definition) is 0. The van der Waals surface area contributed by atoms with E-state index in [1.54, 1.807) is 29.8 Å². The molecule has 0 aliphatic rings. The smallest absolute Gasteiger partial charge is 0.134 e. The van der Waals surface area contributed by atoms with Crippen molar-refractivity contribution < 1.29 is 4.74 Å². The number of aromatic nitrogens is 1. The molecule has 0 aliphatic heterocycles. The molecule has 0 N–H and O–H groups in total. The molecule has 2 nitrogen and oxygen atoms in total. The van der Waals surface area contributed by atoms with E-state index >= 15 is 0 Å². The molecule has 0 unspecified atom stereocenters. The number of hydrogen-bond acceptors (Lipinski definition) is 5. The van der Waals surface area contributed by atoms with Gasteiger partial charge in [-0.05, 0) is 65.1 Å². The highest BCUT2D eigenvalue weighted by molar-refractivity contribution is 14.1. The van der Waals surface area contributed by atoms with Gasteiger partial charge in [0, 0.05) is 9.75 Å². The van der Waals surface area contributed by atoms with Crippen molar-refractivity contribution in [3.05, 3.63) is 45.3 Å². The maximum atomic E-state index is 5.28. The van der Waals surface area contributed by atoms with E-state index in [4.69, 9.17) is 9.72 Å². The van der Waals surface area contributed by atoms with Gasteiger partial charge < -0.3 is 4.74 Å². The Morgan fingerprint density at radius 3 is 2.45 bits per heavy atom. The Morgan fingerprint density at radius 1 is 0.909 bits per heavy atom. The molecule has 4 rings (SSSR count). The van der Waals surface area contributed by atoms with Crippen molar-refractivity contribution in [1.82, 2.24) is 4.98 Å². The van der Waals surface area contributed by atoms with Gasteiger partial charge in [-0.1, -0.05) is 0 Å². The first kappa shape index (κ1) is 14.6. The minimum Gasteiger partial charge on any atom is -0.497 e. The van der Waals surface area contributed by atoms with Gasteiger partial charge in [-0.15, -0.1) is 34.0 Å². The normalized spacial score (nSPS) is 11.2. The van der Waals surface area contributed by atoms with Crippen molar-refractivity contribution in [2.75, 3.05) is 7.11 Å². The van der Waals surface area contributed by atoms with Gasteiger partial charge in [0.2, 0.25) is 0 Å². The van der Waals surface area contributed by atoms with Gasteiger partial charge in [0.1, 0.15) is 10.8 Å². The summed E-state index contributed by atoms with van der Waals surface area (Å²) < 4.78 is 7.76. The third kappa shape index (κ3) is 2.68. The molecule has 0 amide bonds. The summed E-state index contributed by atoms with van der Waals surface area (Å²) in [7, 11) is 1.69. The number of halogens is 1. The van der Waals surface area contributed by atoms with Crippen LogP contribution in [-0.2, 0) is 0 Å². The maximum absolute atomic E-state index is 5.28. The number of rotatable bonds is 3. The number of methoxy groups -OCH3 is 1. The first-order valence-corrected chi connectivity index (χ1v) is 10.1. The zero-order valence-electron chi connectivity index (χ0n) is 11.5. The molecule has 0 atom stereocenters. The molecule has 6 heteroatoms. The lowest BCUT2D eigenvalue weighted by Crippen LogP contribution is -1.80. The SMILES string of the molecule is COc1ccc2nc(-c3ccc(-c4ccc([125I])s4)s3)sc2c1. The van der Waals surface area contributed by atoms with Crippen molar-refractivity contribution in [2.45, 2.75) is 0 Å². The molecule has 0 fully saturated rings. The standard InChI is InChI=1S/C16H10INOS3/c1-19-9-2-3-10-14(8-9)22-16(18-10)13-5-4-11(20-13)12-6-7-15(17)21-12/h2-8H,1H3/i17-2. The van der Waals surface area contributed by atoms with Crippen LogP contribution in [0, 0.1) is 2.88 Å². The topological polar surface area (TPSA) is 22.1 Å². The number of ether oxygens (including phenoxy) is 1. The summed E-state index contributed by atoms with van der Waals surface area (Å²) in [6, 6.07) is 14.7. The fourth-order valence-corrected chi connectivity index (χ4v) is 5.94. The third-order valence-corrected chi connectivity index (χ3v) is 7.59. The first-order valence-electron chi connectivity index (χ1n) is 6.53. The van der Waals surface area contributed by atoms with Gasteiger partial charge in [0.05, 0.1) is 25.1 Å². The van der Waals surface area contributed by atoms with Crippen LogP contribution in [0.5, 0.6) is 5.75 Å². The molecule has 3 heterocycles. The second-order valence-electron chi connectivity index (χ2n) is 4.62. The van der Waals surface area contributed by atoms with Gasteiger partial charge in [-0.2, -0.15) is 0 Å². The van der Waals surface area contributed by atoms with Crippen molar-refractivity contribution >= 4 is 66.8 Å². The van der Waals surface area contributed by atoms with Crippen LogP contribution in [0.4, 0.5) is 0 Å². The Morgan fingerprint density at radius 2 is 1.68 bits per heavy atom. The maximum Gasteiger partial charge on any atom is 0.134 e. The molecule has 0 bridgehead atoms. The quantitative estimate of drug-likeness (QED) is 0.337. The van der Waals surface area contributed by atoms with E-state index in [0.717, 1.165) is 21.0 Å². The summed E-state index contributed by atoms with van der Waals surface area (Å²) in [5.41, 5.74) is 1.03. The minimum atomic E-state index is 0.878. The van der Waals surface area contributed by atoms with E-state index in [0.29, 0.717) is 0 Å². The molecule has 1 aromatic carbocycles. The van der Waals surface area contributed by atoms with Gasteiger partial charge in [-0.25, -0.2) is 4.98 Å². The van der Waals surface area contributed by atoms with E-state index < -0.39 is 0 Å². The Labute approximate surface area is 153 Å². The average Bonchev–Trinajstić information content (AvgIpc) is 3.24. The third-order valence-electron chi connectivity index (χ3n) is 3.23. The van der Waals surface area contributed by atoms with Gasteiger partial charge >= 0.3 is 0 Å². The average molecular weight is 453 g/mol. The monoisotopic (exact) mass is 453 g/mol. The van der Waals surface area contributed by atoms with Crippen LogP contribution in [0.3, 0.4) is 0 Å². The fraction of sp³-hybridized carbons (Fsp3) is 0.0625. The molecule has 0 radical (unpaired) electrons. The van der Waals surface area contributed by atoms with E-state index in [-0.39, 0.29) is 0 Å². The molecule has 3 aromatic heterocycles. The molecule has 0 saturated heterocycles. The van der Waals surface area contributed by atoms with Crippen LogP contribution >= 0.6 is 56.6 Å². The number of benzene rings is 1. The van der Waals surface area contributed by atoms with Crippen LogP contribution < -0.4 is 4.74 Å². The van der Waals surface area contributed by atoms with Gasteiger partial charge in [0.25, 0.3) is 0 Å². The molecule has 0 saturated carbocycles. The number of nitrogens with zero attached hydrogens (tertiary/aromatic N) is 1. The lowest BCUT2D eigenvalue weighted by Gasteiger charge is -1.96. The summed E-state index contributed by atoms with van der Waals surface area (Å²) in [6.07, 6.45) is 0. The van der Waals surface area contributed by atoms with Crippen molar-refractivity contribution in [2.24, 2.45) is 0 Å². The number of fused-ring (bicyclic) bond motifs is 1. The molecule has 22 heavy (non-hydrogen) atoms. The summed E-state index contributed by atoms with van der Waals surface area (Å²) >= 11 is 7.70. The highest BCUT2D eigenvalue weighted by Crippen LogP contribution is 2.40. The molecule has 4 aromatic rings. The summed E-state index contributed by atoms with van der Waals surface area (Å²) in [6.45, 7) is 0. The van der Waals surface area contributed by atoms with Gasteiger partial charge in [-0.3, -0.25) is 0 Å². The largest absolute Gasteiger partial charge is 0.497 e. The molecule has 110 valence electrons. The fourth-order valence-electron chi connectivity index (χ4n) is 2.17. The van der Waals surface area contributed by atoms with Crippen molar-refractivity contribution in [1.29, 1.82) is 0 Å². The van der Waals surface area contributed by atoms with Gasteiger partial charge in [0.15, 0.2) is 0 Å². The molecular weight excluding hydrogens is 443 g/mol. The number of thiazole rings is 1. The first-order chi connectivity index (χ1) is 10.7. The van der Waals surface area contributed by atoms with Crippen LogP contribution in [-0.4, -0.2) is 12.1 Å². The lowest BCUT2D eigenvalue weighted by molar-refractivity contribution is 0.415. The predicted molar refractivity (Wildman–Crippen MR) is 106 cm³/mol. The number of thiophene rings is 2. The van der Waals surface area contributed by atoms with E-state index in [9.17, 15) is 0 Å². The van der Waals surface area contributed by atoms with Crippen molar-refractivity contribution in [3.8, 4) is 25.4 Å².